The second kappa shape index (κ2) is 5.60. The molecule has 0 aliphatic carbocycles. The van der Waals surface area contributed by atoms with Gasteiger partial charge in [0.15, 0.2) is 0 Å². The number of nitrogens with one attached hydrogen (secondary N) is 1. The van der Waals surface area contributed by atoms with E-state index >= 15 is 0 Å². The third-order valence-corrected chi connectivity index (χ3v) is 3.04. The summed E-state index contributed by atoms with van der Waals surface area (Å²) in [5.41, 5.74) is 0.716. The number of aromatic nitrogens is 3. The average Bonchev–Trinajstić information content (AvgIpc) is 2.48. The molecule has 0 saturated heterocycles. The molecule has 106 valence electrons. The number of anilines is 1. The van der Waals surface area contributed by atoms with Gasteiger partial charge in [-0.1, -0.05) is 0 Å². The highest BCUT2D eigenvalue weighted by molar-refractivity contribution is 5.42. The highest BCUT2D eigenvalue weighted by atomic mass is 16.5. The molecule has 0 bridgehead atoms. The standard InChI is InChI=1S/C13H16N4O3/c1-16-10(6-12(18)17(2)13(16)19)8-14-9-4-5-11(20-3)15-7-9/h4-7,14H,8H2,1-3H3. The van der Waals surface area contributed by atoms with E-state index in [9.17, 15) is 9.59 Å². The Morgan fingerprint density at radius 3 is 2.60 bits per heavy atom. The maximum absolute atomic E-state index is 11.8. The first-order valence-electron chi connectivity index (χ1n) is 6.03. The third kappa shape index (κ3) is 2.71. The predicted molar refractivity (Wildman–Crippen MR) is 75.0 cm³/mol. The third-order valence-electron chi connectivity index (χ3n) is 3.04. The molecule has 0 fully saturated rings. The molecule has 0 amide bonds. The molecule has 7 heteroatoms. The van der Waals surface area contributed by atoms with Gasteiger partial charge in [-0.05, 0) is 6.07 Å². The van der Waals surface area contributed by atoms with Gasteiger partial charge in [0, 0.05) is 31.9 Å². The van der Waals surface area contributed by atoms with Crippen LogP contribution in [-0.2, 0) is 20.6 Å². The topological polar surface area (TPSA) is 78.1 Å². The molecule has 1 N–H and O–H groups in total. The van der Waals surface area contributed by atoms with E-state index in [1.54, 1.807) is 26.4 Å². The van der Waals surface area contributed by atoms with Crippen molar-refractivity contribution in [2.45, 2.75) is 6.54 Å². The predicted octanol–water partition coefficient (Wildman–Crippen LogP) is 0.0997. The molecular weight excluding hydrogens is 260 g/mol. The second-order valence-electron chi connectivity index (χ2n) is 4.32. The Kier molecular flexibility index (Phi) is 3.88. The van der Waals surface area contributed by atoms with Crippen molar-refractivity contribution in [2.75, 3.05) is 12.4 Å². The van der Waals surface area contributed by atoms with E-state index in [0.29, 0.717) is 18.1 Å². The number of ether oxygens (including phenoxy) is 1. The Labute approximate surface area is 115 Å². The Morgan fingerprint density at radius 1 is 1.25 bits per heavy atom. The van der Waals surface area contributed by atoms with Crippen LogP contribution >= 0.6 is 0 Å². The first kappa shape index (κ1) is 13.9. The molecule has 20 heavy (non-hydrogen) atoms. The quantitative estimate of drug-likeness (QED) is 0.857. The van der Waals surface area contributed by atoms with Crippen LogP contribution < -0.4 is 21.3 Å². The number of nitrogens with zero attached hydrogens (tertiary/aromatic N) is 3. The van der Waals surface area contributed by atoms with Crippen LogP contribution in [0.15, 0.2) is 34.0 Å². The van der Waals surface area contributed by atoms with Crippen LogP contribution in [0.2, 0.25) is 0 Å². The number of methoxy groups -OCH3 is 1. The summed E-state index contributed by atoms with van der Waals surface area (Å²) < 4.78 is 7.47. The van der Waals surface area contributed by atoms with Crippen molar-refractivity contribution in [1.82, 2.24) is 14.1 Å². The minimum atomic E-state index is -0.345. The molecule has 2 aromatic heterocycles. The van der Waals surface area contributed by atoms with E-state index in [1.807, 2.05) is 6.07 Å². The molecule has 0 aliphatic rings. The Balaban J connectivity index is 2.18. The molecular formula is C13H16N4O3. The van der Waals surface area contributed by atoms with Gasteiger partial charge in [0.2, 0.25) is 5.88 Å². The average molecular weight is 276 g/mol. The summed E-state index contributed by atoms with van der Waals surface area (Å²) in [6.07, 6.45) is 1.62. The van der Waals surface area contributed by atoms with Gasteiger partial charge in [-0.25, -0.2) is 9.78 Å². The van der Waals surface area contributed by atoms with Gasteiger partial charge in [-0.2, -0.15) is 0 Å². The number of pyridine rings is 1. The van der Waals surface area contributed by atoms with Crippen molar-refractivity contribution in [3.8, 4) is 5.88 Å². The second-order valence-corrected chi connectivity index (χ2v) is 4.32. The number of hydrogen-bond acceptors (Lipinski definition) is 5. The molecule has 0 atom stereocenters. The molecule has 2 aromatic rings. The lowest BCUT2D eigenvalue weighted by atomic mass is 10.3. The molecule has 0 aromatic carbocycles. The molecule has 2 rings (SSSR count). The van der Waals surface area contributed by atoms with E-state index in [2.05, 4.69) is 10.3 Å². The Hall–Kier alpha value is -2.57. The minimum absolute atomic E-state index is 0.322. The summed E-state index contributed by atoms with van der Waals surface area (Å²) in [6, 6.07) is 4.97. The smallest absolute Gasteiger partial charge is 0.330 e. The van der Waals surface area contributed by atoms with Crippen LogP contribution in [0.5, 0.6) is 5.88 Å². The van der Waals surface area contributed by atoms with Crippen LogP contribution in [0.4, 0.5) is 5.69 Å². The lowest BCUT2D eigenvalue weighted by Crippen LogP contribution is -2.38. The van der Waals surface area contributed by atoms with Gasteiger partial charge in [0.25, 0.3) is 5.56 Å². The van der Waals surface area contributed by atoms with Crippen LogP contribution in [0, 0.1) is 0 Å². The maximum Gasteiger partial charge on any atom is 0.330 e. The highest BCUT2D eigenvalue weighted by Crippen LogP contribution is 2.11. The molecule has 0 aliphatic heterocycles. The van der Waals surface area contributed by atoms with E-state index in [0.717, 1.165) is 10.3 Å². The molecule has 7 nitrogen and oxygen atoms in total. The van der Waals surface area contributed by atoms with E-state index in [4.69, 9.17) is 4.74 Å². The summed E-state index contributed by atoms with van der Waals surface area (Å²) in [5, 5.41) is 3.10. The zero-order valence-electron chi connectivity index (χ0n) is 11.6. The van der Waals surface area contributed by atoms with Crippen LogP contribution in [-0.4, -0.2) is 21.2 Å². The van der Waals surface area contributed by atoms with Crippen LogP contribution in [0.1, 0.15) is 5.69 Å². The van der Waals surface area contributed by atoms with Gasteiger partial charge in [0.05, 0.1) is 25.5 Å². The lowest BCUT2D eigenvalue weighted by molar-refractivity contribution is 0.398. The van der Waals surface area contributed by atoms with E-state index in [1.165, 1.54) is 17.7 Å². The van der Waals surface area contributed by atoms with Crippen molar-refractivity contribution >= 4 is 5.69 Å². The largest absolute Gasteiger partial charge is 0.481 e. The van der Waals surface area contributed by atoms with Crippen LogP contribution in [0.3, 0.4) is 0 Å². The summed E-state index contributed by atoms with van der Waals surface area (Å²) >= 11 is 0. The number of hydrogen-bond donors (Lipinski definition) is 1. The summed E-state index contributed by atoms with van der Waals surface area (Å²) in [6.45, 7) is 0.357. The minimum Gasteiger partial charge on any atom is -0.481 e. The van der Waals surface area contributed by atoms with Gasteiger partial charge in [0.1, 0.15) is 0 Å². The molecule has 0 spiro atoms. The summed E-state index contributed by atoms with van der Waals surface area (Å²) in [7, 11) is 4.63. The first-order chi connectivity index (χ1) is 9.52. The fraction of sp³-hybridized carbons (Fsp3) is 0.308. The summed E-state index contributed by atoms with van der Waals surface area (Å²) in [4.78, 5) is 27.4. The molecule has 0 saturated carbocycles. The molecule has 0 unspecified atom stereocenters. The van der Waals surface area contributed by atoms with Crippen molar-refractivity contribution in [3.63, 3.8) is 0 Å². The Bertz CT molecular complexity index is 716. The number of rotatable bonds is 4. The fourth-order valence-electron chi connectivity index (χ4n) is 1.75. The zero-order valence-corrected chi connectivity index (χ0v) is 11.6. The van der Waals surface area contributed by atoms with Crippen molar-refractivity contribution in [2.24, 2.45) is 14.1 Å². The van der Waals surface area contributed by atoms with Crippen LogP contribution in [0.25, 0.3) is 0 Å². The van der Waals surface area contributed by atoms with Gasteiger partial charge < -0.3 is 10.1 Å². The van der Waals surface area contributed by atoms with Gasteiger partial charge in [-0.15, -0.1) is 0 Å². The molecule has 2 heterocycles. The zero-order chi connectivity index (χ0) is 14.7. The van der Waals surface area contributed by atoms with Gasteiger partial charge in [-0.3, -0.25) is 13.9 Å². The Morgan fingerprint density at radius 2 is 2.00 bits per heavy atom. The molecule has 0 radical (unpaired) electrons. The van der Waals surface area contributed by atoms with Crippen molar-refractivity contribution in [3.05, 3.63) is 50.9 Å². The first-order valence-corrected chi connectivity index (χ1v) is 6.03. The van der Waals surface area contributed by atoms with Crippen molar-refractivity contribution < 1.29 is 4.74 Å². The maximum atomic E-state index is 11.8. The summed E-state index contributed by atoms with van der Waals surface area (Å²) in [5.74, 6) is 0.525. The lowest BCUT2D eigenvalue weighted by Gasteiger charge is -2.11. The normalized spacial score (nSPS) is 10.3. The highest BCUT2D eigenvalue weighted by Gasteiger charge is 2.05. The SMILES string of the molecule is COc1ccc(NCc2cc(=O)n(C)c(=O)n2C)cn1. The van der Waals surface area contributed by atoms with E-state index in [-0.39, 0.29) is 11.2 Å². The fourth-order valence-corrected chi connectivity index (χ4v) is 1.75. The monoisotopic (exact) mass is 276 g/mol. The van der Waals surface area contributed by atoms with Crippen molar-refractivity contribution in [1.29, 1.82) is 0 Å². The van der Waals surface area contributed by atoms with Gasteiger partial charge >= 0.3 is 5.69 Å². The van der Waals surface area contributed by atoms with E-state index < -0.39 is 0 Å².